The van der Waals surface area contributed by atoms with E-state index in [1.807, 2.05) is 0 Å². The van der Waals surface area contributed by atoms with Gasteiger partial charge in [0.25, 0.3) is 11.7 Å². The van der Waals surface area contributed by atoms with Crippen molar-refractivity contribution in [2.45, 2.75) is 23.5 Å². The number of nitrogens with zero attached hydrogens (tertiary/aromatic N) is 1. The molecule has 1 aliphatic rings. The zero-order chi connectivity index (χ0) is 18.4. The fraction of sp³-hybridized carbons (Fsp3) is 0.333. The summed E-state index contributed by atoms with van der Waals surface area (Å²) in [6.45, 7) is -1.22. The van der Waals surface area contributed by atoms with E-state index in [2.05, 4.69) is 5.32 Å². The minimum atomic E-state index is -2.65. The third-order valence-corrected chi connectivity index (χ3v) is 3.97. The van der Waals surface area contributed by atoms with Gasteiger partial charge in [0.1, 0.15) is 6.54 Å². The lowest BCUT2D eigenvalue weighted by molar-refractivity contribution is -0.153. The van der Waals surface area contributed by atoms with Crippen LogP contribution >= 0.6 is 11.8 Å². The number of alkyl halides is 2. The number of esters is 1. The molecule has 0 bridgehead atoms. The minimum absolute atomic E-state index is 0.0468. The molecule has 3 amide bonds. The van der Waals surface area contributed by atoms with Crippen molar-refractivity contribution in [2.75, 3.05) is 18.5 Å². The van der Waals surface area contributed by atoms with Crippen molar-refractivity contribution in [3.63, 3.8) is 0 Å². The van der Waals surface area contributed by atoms with Crippen LogP contribution in [0.25, 0.3) is 0 Å². The first-order valence-corrected chi connectivity index (χ1v) is 8.07. The molecular weight excluding hydrogens is 358 g/mol. The van der Waals surface area contributed by atoms with Crippen molar-refractivity contribution in [3.05, 3.63) is 24.3 Å². The van der Waals surface area contributed by atoms with E-state index in [0.29, 0.717) is 0 Å². The lowest BCUT2D eigenvalue weighted by Crippen LogP contribution is -2.36. The Bertz CT molecular complexity index is 682. The maximum Gasteiger partial charge on any atom is 0.326 e. The van der Waals surface area contributed by atoms with Gasteiger partial charge in [0, 0.05) is 17.7 Å². The monoisotopic (exact) mass is 372 g/mol. The number of para-hydroxylation sites is 1. The van der Waals surface area contributed by atoms with Crippen LogP contribution in [0.4, 0.5) is 14.5 Å². The van der Waals surface area contributed by atoms with E-state index in [1.165, 1.54) is 12.1 Å². The molecule has 1 N–H and O–H groups in total. The number of benzene rings is 1. The summed E-state index contributed by atoms with van der Waals surface area (Å²) in [5.74, 6) is -5.22. The van der Waals surface area contributed by atoms with Gasteiger partial charge in [-0.2, -0.15) is 8.78 Å². The van der Waals surface area contributed by atoms with Crippen LogP contribution in [0.1, 0.15) is 12.8 Å². The molecule has 0 atom stereocenters. The number of halogens is 2. The predicted octanol–water partition coefficient (Wildman–Crippen LogP) is 1.63. The minimum Gasteiger partial charge on any atom is -0.454 e. The topological polar surface area (TPSA) is 92.8 Å². The highest BCUT2D eigenvalue weighted by Gasteiger charge is 2.31. The molecule has 1 aromatic carbocycles. The van der Waals surface area contributed by atoms with Crippen molar-refractivity contribution in [2.24, 2.45) is 0 Å². The van der Waals surface area contributed by atoms with Crippen molar-refractivity contribution < 1.29 is 32.7 Å². The highest BCUT2D eigenvalue weighted by atomic mass is 32.2. The number of rotatable bonds is 7. The number of imide groups is 1. The first-order chi connectivity index (χ1) is 11.9. The zero-order valence-corrected chi connectivity index (χ0v) is 13.7. The number of ether oxygens (including phenoxy) is 1. The van der Waals surface area contributed by atoms with Gasteiger partial charge < -0.3 is 10.1 Å². The van der Waals surface area contributed by atoms with E-state index in [-0.39, 0.29) is 35.2 Å². The number of carbonyl (C=O) groups excluding carboxylic acids is 4. The van der Waals surface area contributed by atoms with Crippen LogP contribution in [-0.4, -0.2) is 47.5 Å². The zero-order valence-electron chi connectivity index (χ0n) is 12.9. The molecule has 1 saturated heterocycles. The molecule has 1 aliphatic heterocycles. The summed E-state index contributed by atoms with van der Waals surface area (Å²) in [6.07, 6.45) is 0.0936. The Morgan fingerprint density at radius 3 is 2.48 bits per heavy atom. The van der Waals surface area contributed by atoms with Crippen LogP contribution in [0.5, 0.6) is 0 Å². The summed E-state index contributed by atoms with van der Waals surface area (Å²) >= 11 is 0.276. The van der Waals surface area contributed by atoms with Gasteiger partial charge in [-0.25, -0.2) is 0 Å². The number of anilines is 1. The Kier molecular flexibility index (Phi) is 6.45. The number of thioether (sulfide) groups is 1. The molecule has 0 radical (unpaired) electrons. The van der Waals surface area contributed by atoms with Gasteiger partial charge >= 0.3 is 5.97 Å². The lowest BCUT2D eigenvalue weighted by Gasteiger charge is -2.13. The number of hydrogen-bond acceptors (Lipinski definition) is 6. The Labute approximate surface area is 145 Å². The number of amides is 3. The van der Waals surface area contributed by atoms with E-state index in [1.54, 1.807) is 12.1 Å². The Hall–Kier alpha value is -2.49. The van der Waals surface area contributed by atoms with Gasteiger partial charge in [-0.05, 0) is 12.1 Å². The standard InChI is InChI=1S/C15H14F2N2O5S/c16-15(17)25-10-4-2-1-3-9(10)18-11(20)8-24-14(23)7-19-12(21)5-6-13(19)22/h1-4,15H,5-8H2,(H,18,20). The first-order valence-electron chi connectivity index (χ1n) is 7.19. The summed E-state index contributed by atoms with van der Waals surface area (Å²) in [7, 11) is 0. The molecule has 1 aromatic rings. The normalized spacial score (nSPS) is 14.1. The molecule has 134 valence electrons. The maximum absolute atomic E-state index is 12.5. The molecule has 0 saturated carbocycles. The van der Waals surface area contributed by atoms with Crippen molar-refractivity contribution >= 4 is 41.1 Å². The molecule has 0 spiro atoms. The van der Waals surface area contributed by atoms with E-state index < -0.39 is 42.6 Å². The molecule has 7 nitrogen and oxygen atoms in total. The fourth-order valence-electron chi connectivity index (χ4n) is 2.07. The van der Waals surface area contributed by atoms with Gasteiger partial charge in [-0.3, -0.25) is 24.1 Å². The van der Waals surface area contributed by atoms with Crippen LogP contribution in [0.3, 0.4) is 0 Å². The molecule has 1 fully saturated rings. The number of nitrogens with one attached hydrogen (secondary N) is 1. The van der Waals surface area contributed by atoms with Crippen LogP contribution in [0.2, 0.25) is 0 Å². The molecule has 0 aromatic heterocycles. The Balaban J connectivity index is 1.84. The number of likely N-dealkylation sites (tertiary alicyclic amines) is 1. The first kappa shape index (κ1) is 18.8. The van der Waals surface area contributed by atoms with E-state index in [4.69, 9.17) is 4.74 Å². The number of carbonyl (C=O) groups is 4. The fourth-order valence-corrected chi connectivity index (χ4v) is 2.67. The second kappa shape index (κ2) is 8.56. The summed E-state index contributed by atoms with van der Waals surface area (Å²) in [5, 5.41) is 2.36. The van der Waals surface area contributed by atoms with Gasteiger partial charge in [0.05, 0.1) is 5.69 Å². The second-order valence-electron chi connectivity index (χ2n) is 4.96. The molecule has 2 rings (SSSR count). The largest absolute Gasteiger partial charge is 0.454 e. The van der Waals surface area contributed by atoms with Gasteiger partial charge in [0.2, 0.25) is 11.8 Å². The Morgan fingerprint density at radius 1 is 1.20 bits per heavy atom. The highest BCUT2D eigenvalue weighted by molar-refractivity contribution is 7.99. The second-order valence-corrected chi connectivity index (χ2v) is 5.99. The predicted molar refractivity (Wildman–Crippen MR) is 83.8 cm³/mol. The summed E-state index contributed by atoms with van der Waals surface area (Å²) in [6, 6.07) is 5.96. The third-order valence-electron chi connectivity index (χ3n) is 3.18. The van der Waals surface area contributed by atoms with Crippen LogP contribution in [0, 0.1) is 0 Å². The maximum atomic E-state index is 12.5. The van der Waals surface area contributed by atoms with E-state index in [9.17, 15) is 28.0 Å². The SMILES string of the molecule is O=C(COC(=O)CN1C(=O)CCC1=O)Nc1ccccc1SC(F)F. The molecule has 1 heterocycles. The molecule has 0 aliphatic carbocycles. The van der Waals surface area contributed by atoms with E-state index >= 15 is 0 Å². The van der Waals surface area contributed by atoms with Gasteiger partial charge in [-0.1, -0.05) is 23.9 Å². The number of hydrogen-bond donors (Lipinski definition) is 1. The molecule has 25 heavy (non-hydrogen) atoms. The average molecular weight is 372 g/mol. The van der Waals surface area contributed by atoms with Crippen molar-refractivity contribution in [3.8, 4) is 0 Å². The van der Waals surface area contributed by atoms with Crippen LogP contribution in [0.15, 0.2) is 29.2 Å². The smallest absolute Gasteiger partial charge is 0.326 e. The quantitative estimate of drug-likeness (QED) is 0.444. The average Bonchev–Trinajstić information content (AvgIpc) is 2.86. The van der Waals surface area contributed by atoms with Gasteiger partial charge in [0.15, 0.2) is 6.61 Å². The van der Waals surface area contributed by atoms with E-state index in [0.717, 1.165) is 4.90 Å². The lowest BCUT2D eigenvalue weighted by atomic mass is 10.3. The third kappa shape index (κ3) is 5.52. The molecule has 10 heteroatoms. The summed E-state index contributed by atoms with van der Waals surface area (Å²) in [5.41, 5.74) is 0.166. The summed E-state index contributed by atoms with van der Waals surface area (Å²) in [4.78, 5) is 47.1. The van der Waals surface area contributed by atoms with Crippen LogP contribution < -0.4 is 5.32 Å². The molecule has 0 unspecified atom stereocenters. The highest BCUT2D eigenvalue weighted by Crippen LogP contribution is 2.31. The van der Waals surface area contributed by atoms with Crippen molar-refractivity contribution in [1.29, 1.82) is 0 Å². The molecular formula is C15H14F2N2O5S. The van der Waals surface area contributed by atoms with Crippen LogP contribution in [-0.2, 0) is 23.9 Å². The van der Waals surface area contributed by atoms with Crippen molar-refractivity contribution in [1.82, 2.24) is 4.90 Å². The summed E-state index contributed by atoms with van der Waals surface area (Å²) < 4.78 is 29.6. The van der Waals surface area contributed by atoms with Gasteiger partial charge in [-0.15, -0.1) is 0 Å². The Morgan fingerprint density at radius 2 is 1.84 bits per heavy atom.